The first-order valence-corrected chi connectivity index (χ1v) is 5.27. The standard InChI is InChI=1S/C12H12N4O2/c1-16-7-6-14-11(16)12(18)15-9-5-3-2-4-8(9)10(13)17/h2-7H,1H3,(H2,13,17)(H,15,18). The maximum absolute atomic E-state index is 11.9. The van der Waals surface area contributed by atoms with Gasteiger partial charge in [-0.3, -0.25) is 9.59 Å². The Bertz CT molecular complexity index is 604. The number of amides is 2. The summed E-state index contributed by atoms with van der Waals surface area (Å²) in [7, 11) is 1.71. The zero-order chi connectivity index (χ0) is 13.1. The molecular weight excluding hydrogens is 232 g/mol. The molecule has 2 amide bonds. The molecule has 0 aliphatic rings. The molecule has 92 valence electrons. The van der Waals surface area contributed by atoms with Crippen molar-refractivity contribution < 1.29 is 9.59 Å². The van der Waals surface area contributed by atoms with E-state index in [2.05, 4.69) is 10.3 Å². The van der Waals surface area contributed by atoms with Gasteiger partial charge in [-0.05, 0) is 12.1 Å². The lowest BCUT2D eigenvalue weighted by molar-refractivity contribution is 0.100. The van der Waals surface area contributed by atoms with Crippen LogP contribution in [0, 0.1) is 0 Å². The number of aryl methyl sites for hydroxylation is 1. The van der Waals surface area contributed by atoms with Crippen molar-refractivity contribution in [1.29, 1.82) is 0 Å². The van der Waals surface area contributed by atoms with Crippen molar-refractivity contribution in [2.75, 3.05) is 5.32 Å². The number of imidazole rings is 1. The summed E-state index contributed by atoms with van der Waals surface area (Å²) in [6.45, 7) is 0. The second-order valence-corrected chi connectivity index (χ2v) is 3.73. The molecule has 0 bridgehead atoms. The maximum atomic E-state index is 11.9. The Morgan fingerprint density at radius 3 is 2.67 bits per heavy atom. The molecule has 2 aromatic rings. The molecule has 0 fully saturated rings. The fourth-order valence-corrected chi connectivity index (χ4v) is 1.57. The number of primary amides is 1. The topological polar surface area (TPSA) is 90.0 Å². The number of carbonyl (C=O) groups is 2. The van der Waals surface area contributed by atoms with Crippen LogP contribution in [0.2, 0.25) is 0 Å². The van der Waals surface area contributed by atoms with E-state index in [0.29, 0.717) is 5.69 Å². The highest BCUT2D eigenvalue weighted by atomic mass is 16.2. The third kappa shape index (κ3) is 2.22. The number of nitrogens with one attached hydrogen (secondary N) is 1. The number of hydrogen-bond acceptors (Lipinski definition) is 3. The number of hydrogen-bond donors (Lipinski definition) is 2. The lowest BCUT2D eigenvalue weighted by Crippen LogP contribution is -2.20. The minimum atomic E-state index is -0.592. The van der Waals surface area contributed by atoms with Crippen molar-refractivity contribution in [2.45, 2.75) is 0 Å². The van der Waals surface area contributed by atoms with E-state index >= 15 is 0 Å². The van der Waals surface area contributed by atoms with Crippen LogP contribution in [0.3, 0.4) is 0 Å². The van der Waals surface area contributed by atoms with E-state index < -0.39 is 11.8 Å². The highest BCUT2D eigenvalue weighted by Crippen LogP contribution is 2.15. The zero-order valence-corrected chi connectivity index (χ0v) is 9.75. The fraction of sp³-hybridized carbons (Fsp3) is 0.0833. The monoisotopic (exact) mass is 244 g/mol. The van der Waals surface area contributed by atoms with Gasteiger partial charge in [-0.15, -0.1) is 0 Å². The van der Waals surface area contributed by atoms with Gasteiger partial charge in [0, 0.05) is 19.4 Å². The van der Waals surface area contributed by atoms with Crippen molar-refractivity contribution in [3.63, 3.8) is 0 Å². The van der Waals surface area contributed by atoms with Crippen molar-refractivity contribution in [3.8, 4) is 0 Å². The van der Waals surface area contributed by atoms with E-state index in [1.54, 1.807) is 42.1 Å². The molecule has 0 unspecified atom stereocenters. The number of anilines is 1. The summed E-state index contributed by atoms with van der Waals surface area (Å²) < 4.78 is 1.59. The predicted octanol–water partition coefficient (Wildman–Crippen LogP) is 0.771. The van der Waals surface area contributed by atoms with Crippen LogP contribution in [-0.4, -0.2) is 21.4 Å². The van der Waals surface area contributed by atoms with Crippen LogP contribution in [0.1, 0.15) is 21.0 Å². The first kappa shape index (κ1) is 11.8. The minimum Gasteiger partial charge on any atom is -0.366 e. The van der Waals surface area contributed by atoms with Crippen molar-refractivity contribution in [3.05, 3.63) is 48.0 Å². The number of aromatic nitrogens is 2. The summed E-state index contributed by atoms with van der Waals surface area (Å²) in [5.74, 6) is -0.726. The maximum Gasteiger partial charge on any atom is 0.291 e. The molecule has 1 aromatic carbocycles. The number of carbonyl (C=O) groups excluding carboxylic acids is 2. The van der Waals surface area contributed by atoms with E-state index in [1.807, 2.05) is 0 Å². The normalized spacial score (nSPS) is 10.1. The highest BCUT2D eigenvalue weighted by Gasteiger charge is 2.14. The molecule has 1 aromatic heterocycles. The van der Waals surface area contributed by atoms with Gasteiger partial charge in [0.2, 0.25) is 0 Å². The van der Waals surface area contributed by atoms with Gasteiger partial charge in [-0.25, -0.2) is 4.98 Å². The minimum absolute atomic E-state index is 0.259. The molecule has 6 nitrogen and oxygen atoms in total. The van der Waals surface area contributed by atoms with Gasteiger partial charge in [0.25, 0.3) is 11.8 Å². The van der Waals surface area contributed by atoms with E-state index in [0.717, 1.165) is 0 Å². The van der Waals surface area contributed by atoms with Crippen LogP contribution in [0.15, 0.2) is 36.7 Å². The lowest BCUT2D eigenvalue weighted by atomic mass is 10.1. The predicted molar refractivity (Wildman–Crippen MR) is 66.1 cm³/mol. The average Bonchev–Trinajstić information content (AvgIpc) is 2.76. The molecule has 6 heteroatoms. The molecule has 18 heavy (non-hydrogen) atoms. The Morgan fingerprint density at radius 2 is 2.06 bits per heavy atom. The summed E-state index contributed by atoms with van der Waals surface area (Å²) >= 11 is 0. The van der Waals surface area contributed by atoms with Crippen LogP contribution < -0.4 is 11.1 Å². The summed E-state index contributed by atoms with van der Waals surface area (Å²) in [5.41, 5.74) is 5.86. The quantitative estimate of drug-likeness (QED) is 0.835. The lowest BCUT2D eigenvalue weighted by Gasteiger charge is -2.08. The van der Waals surface area contributed by atoms with E-state index in [-0.39, 0.29) is 11.4 Å². The first-order valence-electron chi connectivity index (χ1n) is 5.27. The Morgan fingerprint density at radius 1 is 1.33 bits per heavy atom. The van der Waals surface area contributed by atoms with Crippen molar-refractivity contribution in [2.24, 2.45) is 12.8 Å². The highest BCUT2D eigenvalue weighted by molar-refractivity contribution is 6.07. The van der Waals surface area contributed by atoms with Gasteiger partial charge in [-0.1, -0.05) is 12.1 Å². The third-order valence-electron chi connectivity index (χ3n) is 2.46. The van der Waals surface area contributed by atoms with Crippen LogP contribution in [-0.2, 0) is 7.05 Å². The molecule has 0 spiro atoms. The Labute approximate surface area is 103 Å². The summed E-state index contributed by atoms with van der Waals surface area (Å²) in [6.07, 6.45) is 3.18. The Kier molecular flexibility index (Phi) is 3.09. The molecule has 0 saturated carbocycles. The molecular formula is C12H12N4O2. The Hall–Kier alpha value is -2.63. The molecule has 2 rings (SSSR count). The van der Waals surface area contributed by atoms with Gasteiger partial charge in [0.15, 0.2) is 5.82 Å². The largest absolute Gasteiger partial charge is 0.366 e. The van der Waals surface area contributed by atoms with Crippen LogP contribution >= 0.6 is 0 Å². The zero-order valence-electron chi connectivity index (χ0n) is 9.75. The third-order valence-corrected chi connectivity index (χ3v) is 2.46. The molecule has 0 aliphatic heterocycles. The van der Waals surface area contributed by atoms with Gasteiger partial charge >= 0.3 is 0 Å². The first-order chi connectivity index (χ1) is 8.59. The summed E-state index contributed by atoms with van der Waals surface area (Å²) in [5, 5.41) is 2.61. The number of rotatable bonds is 3. The SMILES string of the molecule is Cn1ccnc1C(=O)Nc1ccccc1C(N)=O. The summed E-state index contributed by atoms with van der Waals surface area (Å²) in [6, 6.07) is 6.55. The van der Waals surface area contributed by atoms with E-state index in [4.69, 9.17) is 5.73 Å². The molecule has 0 radical (unpaired) electrons. The van der Waals surface area contributed by atoms with Crippen LogP contribution in [0.25, 0.3) is 0 Å². The summed E-state index contributed by atoms with van der Waals surface area (Å²) in [4.78, 5) is 27.1. The van der Waals surface area contributed by atoms with E-state index in [1.165, 1.54) is 6.20 Å². The number of nitrogens with two attached hydrogens (primary N) is 1. The van der Waals surface area contributed by atoms with E-state index in [9.17, 15) is 9.59 Å². The fourth-order valence-electron chi connectivity index (χ4n) is 1.57. The molecule has 0 aliphatic carbocycles. The second kappa shape index (κ2) is 4.70. The molecule has 1 heterocycles. The molecule has 0 atom stereocenters. The van der Waals surface area contributed by atoms with Gasteiger partial charge in [-0.2, -0.15) is 0 Å². The van der Waals surface area contributed by atoms with Crippen LogP contribution in [0.5, 0.6) is 0 Å². The average molecular weight is 244 g/mol. The van der Waals surface area contributed by atoms with Gasteiger partial charge in [0.05, 0.1) is 11.3 Å². The van der Waals surface area contributed by atoms with Crippen molar-refractivity contribution in [1.82, 2.24) is 9.55 Å². The smallest absolute Gasteiger partial charge is 0.291 e. The number of para-hydroxylation sites is 1. The van der Waals surface area contributed by atoms with Crippen molar-refractivity contribution >= 4 is 17.5 Å². The molecule has 3 N–H and O–H groups in total. The number of benzene rings is 1. The number of nitrogens with zero attached hydrogens (tertiary/aromatic N) is 2. The van der Waals surface area contributed by atoms with Crippen LogP contribution in [0.4, 0.5) is 5.69 Å². The second-order valence-electron chi connectivity index (χ2n) is 3.73. The Balaban J connectivity index is 2.28. The van der Waals surface area contributed by atoms with Gasteiger partial charge < -0.3 is 15.6 Å². The molecule has 0 saturated heterocycles. The van der Waals surface area contributed by atoms with Gasteiger partial charge in [0.1, 0.15) is 0 Å².